The number of amides is 1. The van der Waals surface area contributed by atoms with Crippen LogP contribution in [-0.4, -0.2) is 55.0 Å². The lowest BCUT2D eigenvalue weighted by molar-refractivity contribution is -0.124. The lowest BCUT2D eigenvalue weighted by Gasteiger charge is -2.35. The molecule has 1 aliphatic heterocycles. The van der Waals surface area contributed by atoms with Crippen LogP contribution in [-0.2, 0) is 4.79 Å². The van der Waals surface area contributed by atoms with Crippen LogP contribution >= 0.6 is 11.3 Å². The Morgan fingerprint density at radius 3 is 2.38 bits per heavy atom. The third-order valence-electron chi connectivity index (χ3n) is 5.30. The van der Waals surface area contributed by atoms with Crippen LogP contribution in [0.15, 0.2) is 53.9 Å². The summed E-state index contributed by atoms with van der Waals surface area (Å²) in [5, 5.41) is 5.35. The topological polar surface area (TPSA) is 35.6 Å². The highest BCUT2D eigenvalue weighted by Gasteiger charge is 2.29. The van der Waals surface area contributed by atoms with Gasteiger partial charge in [-0.1, -0.05) is 69.3 Å². The van der Waals surface area contributed by atoms with Crippen molar-refractivity contribution in [1.82, 2.24) is 15.1 Å². The van der Waals surface area contributed by atoms with Gasteiger partial charge < -0.3 is 5.32 Å². The highest BCUT2D eigenvalue weighted by atomic mass is 32.1. The molecule has 5 heteroatoms. The molecular weight excluding hydrogens is 378 g/mol. The van der Waals surface area contributed by atoms with Gasteiger partial charge in [0.1, 0.15) is 0 Å². The molecule has 1 atom stereocenters. The molecule has 0 spiro atoms. The molecule has 0 radical (unpaired) electrons. The van der Waals surface area contributed by atoms with Gasteiger partial charge in [-0.15, -0.1) is 11.3 Å². The number of thiophene rings is 1. The first kappa shape index (κ1) is 21.8. The van der Waals surface area contributed by atoms with Crippen LogP contribution in [0.3, 0.4) is 0 Å². The summed E-state index contributed by atoms with van der Waals surface area (Å²) in [6.45, 7) is 11.8. The molecule has 2 heterocycles. The first-order valence-corrected chi connectivity index (χ1v) is 11.3. The zero-order valence-corrected chi connectivity index (χ0v) is 18.6. The Kier molecular flexibility index (Phi) is 7.64. The van der Waals surface area contributed by atoms with Gasteiger partial charge in [0.25, 0.3) is 0 Å². The Morgan fingerprint density at radius 1 is 1.07 bits per heavy atom. The van der Waals surface area contributed by atoms with Crippen molar-refractivity contribution in [2.24, 2.45) is 5.41 Å². The van der Waals surface area contributed by atoms with Crippen molar-refractivity contribution < 1.29 is 4.79 Å². The van der Waals surface area contributed by atoms with E-state index >= 15 is 0 Å². The average Bonchev–Trinajstić information content (AvgIpc) is 3.22. The van der Waals surface area contributed by atoms with Crippen molar-refractivity contribution in [2.45, 2.75) is 26.8 Å². The smallest absolute Gasteiger partial charge is 0.234 e. The minimum atomic E-state index is -0.00962. The van der Waals surface area contributed by atoms with Crippen LogP contribution in [0, 0.1) is 5.41 Å². The van der Waals surface area contributed by atoms with E-state index in [2.05, 4.69) is 89.8 Å². The van der Waals surface area contributed by atoms with E-state index < -0.39 is 0 Å². The van der Waals surface area contributed by atoms with Crippen LogP contribution in [0.1, 0.15) is 37.3 Å². The Balaban J connectivity index is 1.43. The number of nitrogens with zero attached hydrogens (tertiary/aromatic N) is 2. The molecule has 1 N–H and O–H groups in total. The second-order valence-corrected chi connectivity index (χ2v) is 9.75. The zero-order valence-electron chi connectivity index (χ0n) is 17.8. The van der Waals surface area contributed by atoms with Gasteiger partial charge >= 0.3 is 0 Å². The van der Waals surface area contributed by atoms with Gasteiger partial charge in [0, 0.05) is 37.6 Å². The first-order chi connectivity index (χ1) is 13.9. The van der Waals surface area contributed by atoms with Crippen molar-refractivity contribution in [2.75, 3.05) is 39.3 Å². The largest absolute Gasteiger partial charge is 0.347 e. The molecule has 156 valence electrons. The van der Waals surface area contributed by atoms with E-state index in [1.54, 1.807) is 11.3 Å². The number of nitrogens with one attached hydrogen (secondary N) is 1. The molecule has 1 aromatic carbocycles. The predicted octanol–water partition coefficient (Wildman–Crippen LogP) is 4.28. The molecule has 1 aromatic heterocycles. The van der Waals surface area contributed by atoms with E-state index in [-0.39, 0.29) is 17.4 Å². The van der Waals surface area contributed by atoms with Crippen LogP contribution < -0.4 is 5.32 Å². The summed E-state index contributed by atoms with van der Waals surface area (Å²) in [6, 6.07) is 14.6. The minimum absolute atomic E-state index is 0.00962. The summed E-state index contributed by atoms with van der Waals surface area (Å²) in [5.74, 6) is 0.121. The maximum atomic E-state index is 12.7. The number of carbonyl (C=O) groups is 1. The molecule has 29 heavy (non-hydrogen) atoms. The molecule has 3 rings (SSSR count). The SMILES string of the molecule is CC(C)(C)C(NC(=O)CN1CCN(C/C=C/c2ccccc2)CC1)c1cccs1. The molecule has 1 amide bonds. The number of piperazine rings is 1. The van der Waals surface area contributed by atoms with Crippen molar-refractivity contribution >= 4 is 23.3 Å². The molecule has 0 aliphatic carbocycles. The normalized spacial score (nSPS) is 17.5. The maximum Gasteiger partial charge on any atom is 0.234 e. The monoisotopic (exact) mass is 411 g/mol. The zero-order chi connectivity index (χ0) is 20.7. The van der Waals surface area contributed by atoms with Crippen molar-refractivity contribution in [3.63, 3.8) is 0 Å². The summed E-state index contributed by atoms with van der Waals surface area (Å²) in [5.41, 5.74) is 1.23. The standard InChI is InChI=1S/C24H33N3OS/c1-24(2,3)23(21-12-8-18-29-21)25-22(28)19-27-16-14-26(15-17-27)13-7-11-20-9-5-4-6-10-20/h4-12,18,23H,13-17,19H2,1-3H3,(H,25,28)/b11-7+. The van der Waals surface area contributed by atoms with Gasteiger partial charge in [-0.05, 0) is 22.4 Å². The van der Waals surface area contributed by atoms with Crippen molar-refractivity contribution in [1.29, 1.82) is 0 Å². The fraction of sp³-hybridized carbons (Fsp3) is 0.458. The van der Waals surface area contributed by atoms with E-state index in [4.69, 9.17) is 0 Å². The third-order valence-corrected chi connectivity index (χ3v) is 6.24. The summed E-state index contributed by atoms with van der Waals surface area (Å²) >= 11 is 1.71. The van der Waals surface area contributed by atoms with Crippen molar-refractivity contribution in [3.8, 4) is 0 Å². The van der Waals surface area contributed by atoms with Gasteiger partial charge in [0.05, 0.1) is 12.6 Å². The van der Waals surface area contributed by atoms with E-state index in [1.165, 1.54) is 10.4 Å². The quantitative estimate of drug-likeness (QED) is 0.739. The summed E-state index contributed by atoms with van der Waals surface area (Å²) in [6.07, 6.45) is 4.41. The number of hydrogen-bond acceptors (Lipinski definition) is 4. The number of hydrogen-bond donors (Lipinski definition) is 1. The Hall–Kier alpha value is -1.95. The first-order valence-electron chi connectivity index (χ1n) is 10.4. The average molecular weight is 412 g/mol. The van der Waals surface area contributed by atoms with Gasteiger partial charge in [0.2, 0.25) is 5.91 Å². The molecule has 1 saturated heterocycles. The van der Waals surface area contributed by atoms with E-state index in [0.717, 1.165) is 32.7 Å². The molecule has 1 unspecified atom stereocenters. The highest BCUT2D eigenvalue weighted by Crippen LogP contribution is 2.35. The molecular formula is C24H33N3OS. The highest BCUT2D eigenvalue weighted by molar-refractivity contribution is 7.10. The van der Waals surface area contributed by atoms with Gasteiger partial charge in [-0.2, -0.15) is 0 Å². The maximum absolute atomic E-state index is 12.7. The molecule has 4 nitrogen and oxygen atoms in total. The second-order valence-electron chi connectivity index (χ2n) is 8.77. The fourth-order valence-electron chi connectivity index (χ4n) is 3.61. The van der Waals surface area contributed by atoms with Crippen LogP contribution in [0.2, 0.25) is 0 Å². The lowest BCUT2D eigenvalue weighted by atomic mass is 9.85. The number of benzene rings is 1. The number of rotatable bonds is 7. The Bertz CT molecular complexity index is 772. The molecule has 2 aromatic rings. The van der Waals surface area contributed by atoms with Gasteiger partial charge in [-0.3, -0.25) is 14.6 Å². The molecule has 0 saturated carbocycles. The fourth-order valence-corrected chi connectivity index (χ4v) is 4.63. The van der Waals surface area contributed by atoms with Crippen LogP contribution in [0.25, 0.3) is 6.08 Å². The van der Waals surface area contributed by atoms with E-state index in [0.29, 0.717) is 6.54 Å². The summed E-state index contributed by atoms with van der Waals surface area (Å²) in [4.78, 5) is 18.6. The molecule has 1 fully saturated rings. The lowest BCUT2D eigenvalue weighted by Crippen LogP contribution is -2.50. The van der Waals surface area contributed by atoms with Gasteiger partial charge in [-0.25, -0.2) is 0 Å². The predicted molar refractivity (Wildman–Crippen MR) is 123 cm³/mol. The van der Waals surface area contributed by atoms with Crippen LogP contribution in [0.4, 0.5) is 0 Å². The van der Waals surface area contributed by atoms with Crippen LogP contribution in [0.5, 0.6) is 0 Å². The minimum Gasteiger partial charge on any atom is -0.347 e. The Labute approximate surface area is 179 Å². The molecule has 0 bridgehead atoms. The van der Waals surface area contributed by atoms with Gasteiger partial charge in [0.15, 0.2) is 0 Å². The van der Waals surface area contributed by atoms with Crippen molar-refractivity contribution in [3.05, 3.63) is 64.4 Å². The Morgan fingerprint density at radius 2 is 1.76 bits per heavy atom. The van der Waals surface area contributed by atoms with E-state index in [1.807, 2.05) is 6.07 Å². The third kappa shape index (κ3) is 6.81. The van der Waals surface area contributed by atoms with E-state index in [9.17, 15) is 4.79 Å². The second kappa shape index (κ2) is 10.2. The molecule has 1 aliphatic rings. The summed E-state index contributed by atoms with van der Waals surface area (Å²) in [7, 11) is 0. The summed E-state index contributed by atoms with van der Waals surface area (Å²) < 4.78 is 0. The number of carbonyl (C=O) groups excluding carboxylic acids is 1.